The van der Waals surface area contributed by atoms with E-state index in [1.807, 2.05) is 18.2 Å². The summed E-state index contributed by atoms with van der Waals surface area (Å²) in [5, 5.41) is 10.6. The molecule has 1 aliphatic rings. The van der Waals surface area contributed by atoms with E-state index in [-0.39, 0.29) is 18.0 Å². The van der Waals surface area contributed by atoms with Gasteiger partial charge in [0.25, 0.3) is 5.91 Å². The van der Waals surface area contributed by atoms with Gasteiger partial charge < -0.3 is 10.6 Å². The van der Waals surface area contributed by atoms with Crippen molar-refractivity contribution in [1.29, 1.82) is 0 Å². The van der Waals surface area contributed by atoms with Crippen LogP contribution in [0.5, 0.6) is 0 Å². The maximum absolute atomic E-state index is 12.3. The first kappa shape index (κ1) is 13.8. The van der Waals surface area contributed by atoms with Crippen LogP contribution in [0.2, 0.25) is 0 Å². The molecule has 3 rings (SSSR count). The SMILES string of the molecule is CC1NCCCC1NC(=O)c1cccc(-n2cccn2)n1. The monoisotopic (exact) mass is 285 g/mol. The standard InChI is InChI=1S/C15H19N5O/c1-11-12(6-3-8-16-11)19-15(21)13-5-2-7-14(18-13)20-10-4-9-17-20/h2,4-5,7,9-12,16H,3,6,8H2,1H3,(H,19,21). The van der Waals surface area contributed by atoms with E-state index in [2.05, 4.69) is 27.6 Å². The molecule has 2 unspecified atom stereocenters. The van der Waals surface area contributed by atoms with Gasteiger partial charge in [0.1, 0.15) is 5.69 Å². The van der Waals surface area contributed by atoms with Crippen molar-refractivity contribution < 1.29 is 4.79 Å². The number of piperidine rings is 1. The van der Waals surface area contributed by atoms with Gasteiger partial charge in [-0.3, -0.25) is 4.79 Å². The van der Waals surface area contributed by atoms with Crippen LogP contribution in [-0.4, -0.2) is 39.3 Å². The van der Waals surface area contributed by atoms with Gasteiger partial charge in [0, 0.05) is 24.5 Å². The molecule has 2 atom stereocenters. The number of hydrogen-bond acceptors (Lipinski definition) is 4. The topological polar surface area (TPSA) is 71.8 Å². The van der Waals surface area contributed by atoms with Gasteiger partial charge in [-0.15, -0.1) is 0 Å². The second-order valence-corrected chi connectivity index (χ2v) is 5.30. The minimum absolute atomic E-state index is 0.135. The highest BCUT2D eigenvalue weighted by Gasteiger charge is 2.23. The van der Waals surface area contributed by atoms with E-state index in [0.29, 0.717) is 11.5 Å². The number of aromatic nitrogens is 3. The van der Waals surface area contributed by atoms with Gasteiger partial charge in [-0.05, 0) is 44.5 Å². The van der Waals surface area contributed by atoms with Crippen LogP contribution in [0.1, 0.15) is 30.3 Å². The van der Waals surface area contributed by atoms with Crippen LogP contribution in [0, 0.1) is 0 Å². The molecule has 0 spiro atoms. The molecule has 0 saturated carbocycles. The lowest BCUT2D eigenvalue weighted by Gasteiger charge is -2.30. The Balaban J connectivity index is 1.74. The molecule has 1 aliphatic heterocycles. The number of carbonyl (C=O) groups is 1. The van der Waals surface area contributed by atoms with Gasteiger partial charge in [0.15, 0.2) is 5.82 Å². The third-order valence-corrected chi connectivity index (χ3v) is 3.78. The summed E-state index contributed by atoms with van der Waals surface area (Å²) in [5.41, 5.74) is 0.417. The van der Waals surface area contributed by atoms with Crippen molar-refractivity contribution in [3.05, 3.63) is 42.4 Å². The molecule has 2 aromatic heterocycles. The number of nitrogens with one attached hydrogen (secondary N) is 2. The molecule has 0 aliphatic carbocycles. The molecule has 0 radical (unpaired) electrons. The fourth-order valence-corrected chi connectivity index (χ4v) is 2.57. The first-order valence-electron chi connectivity index (χ1n) is 7.25. The zero-order valence-electron chi connectivity index (χ0n) is 12.0. The van der Waals surface area contributed by atoms with Crippen molar-refractivity contribution in [3.8, 4) is 5.82 Å². The van der Waals surface area contributed by atoms with Gasteiger partial charge in [-0.2, -0.15) is 5.10 Å². The number of nitrogens with zero attached hydrogens (tertiary/aromatic N) is 3. The molecule has 0 bridgehead atoms. The molecule has 6 heteroatoms. The number of hydrogen-bond donors (Lipinski definition) is 2. The van der Waals surface area contributed by atoms with Crippen molar-refractivity contribution in [2.45, 2.75) is 31.8 Å². The lowest BCUT2D eigenvalue weighted by atomic mass is 10.00. The largest absolute Gasteiger partial charge is 0.346 e. The van der Waals surface area contributed by atoms with E-state index in [9.17, 15) is 4.79 Å². The minimum Gasteiger partial charge on any atom is -0.346 e. The molecular weight excluding hydrogens is 266 g/mol. The van der Waals surface area contributed by atoms with Crippen molar-refractivity contribution in [1.82, 2.24) is 25.4 Å². The predicted molar refractivity (Wildman–Crippen MR) is 79.3 cm³/mol. The van der Waals surface area contributed by atoms with Crippen LogP contribution in [0.3, 0.4) is 0 Å². The van der Waals surface area contributed by atoms with Gasteiger partial charge >= 0.3 is 0 Å². The summed E-state index contributed by atoms with van der Waals surface area (Å²) in [5.74, 6) is 0.507. The van der Waals surface area contributed by atoms with Crippen LogP contribution in [0.15, 0.2) is 36.7 Å². The summed E-state index contributed by atoms with van der Waals surface area (Å²) in [6.45, 7) is 3.11. The Labute approximate surface area is 123 Å². The average molecular weight is 285 g/mol. The molecule has 6 nitrogen and oxygen atoms in total. The van der Waals surface area contributed by atoms with E-state index in [1.165, 1.54) is 0 Å². The molecule has 1 fully saturated rings. The molecule has 3 heterocycles. The number of pyridine rings is 1. The Hall–Kier alpha value is -2.21. The van der Waals surface area contributed by atoms with Crippen molar-refractivity contribution in [3.63, 3.8) is 0 Å². The van der Waals surface area contributed by atoms with Crippen LogP contribution in [-0.2, 0) is 0 Å². The Morgan fingerprint density at radius 1 is 1.43 bits per heavy atom. The predicted octanol–water partition coefficient (Wildman–Crippen LogP) is 1.14. The first-order chi connectivity index (χ1) is 10.2. The zero-order chi connectivity index (χ0) is 14.7. The quantitative estimate of drug-likeness (QED) is 0.887. The molecule has 21 heavy (non-hydrogen) atoms. The van der Waals surface area contributed by atoms with Gasteiger partial charge in [-0.1, -0.05) is 6.07 Å². The summed E-state index contributed by atoms with van der Waals surface area (Å²) in [7, 11) is 0. The van der Waals surface area contributed by atoms with E-state index in [0.717, 1.165) is 19.4 Å². The summed E-state index contributed by atoms with van der Waals surface area (Å²) in [6.07, 6.45) is 5.57. The fourth-order valence-electron chi connectivity index (χ4n) is 2.57. The van der Waals surface area contributed by atoms with E-state index < -0.39 is 0 Å². The van der Waals surface area contributed by atoms with Crippen LogP contribution < -0.4 is 10.6 Å². The smallest absolute Gasteiger partial charge is 0.270 e. The van der Waals surface area contributed by atoms with Crippen LogP contribution >= 0.6 is 0 Å². The van der Waals surface area contributed by atoms with Gasteiger partial charge in [0.05, 0.1) is 0 Å². The minimum atomic E-state index is -0.135. The second-order valence-electron chi connectivity index (χ2n) is 5.30. The molecule has 2 aromatic rings. The normalized spacial score (nSPS) is 22.0. The lowest BCUT2D eigenvalue weighted by molar-refractivity contribution is 0.0914. The number of rotatable bonds is 3. The average Bonchev–Trinajstić information content (AvgIpc) is 3.04. The Morgan fingerprint density at radius 2 is 2.33 bits per heavy atom. The van der Waals surface area contributed by atoms with Crippen LogP contribution in [0.4, 0.5) is 0 Å². The van der Waals surface area contributed by atoms with Crippen molar-refractivity contribution >= 4 is 5.91 Å². The number of amides is 1. The van der Waals surface area contributed by atoms with Crippen LogP contribution in [0.25, 0.3) is 5.82 Å². The maximum atomic E-state index is 12.3. The van der Waals surface area contributed by atoms with E-state index in [4.69, 9.17) is 0 Å². The molecular formula is C15H19N5O. The molecule has 2 N–H and O–H groups in total. The Bertz CT molecular complexity index is 610. The number of carbonyl (C=O) groups excluding carboxylic acids is 1. The van der Waals surface area contributed by atoms with Crippen molar-refractivity contribution in [2.24, 2.45) is 0 Å². The third-order valence-electron chi connectivity index (χ3n) is 3.78. The van der Waals surface area contributed by atoms with E-state index in [1.54, 1.807) is 23.1 Å². The highest BCUT2D eigenvalue weighted by molar-refractivity contribution is 5.92. The third kappa shape index (κ3) is 3.11. The maximum Gasteiger partial charge on any atom is 0.270 e. The van der Waals surface area contributed by atoms with Gasteiger partial charge in [0.2, 0.25) is 0 Å². The molecule has 110 valence electrons. The van der Waals surface area contributed by atoms with E-state index >= 15 is 0 Å². The fraction of sp³-hybridized carbons (Fsp3) is 0.400. The molecule has 0 aromatic carbocycles. The highest BCUT2D eigenvalue weighted by Crippen LogP contribution is 2.10. The Kier molecular flexibility index (Phi) is 3.96. The van der Waals surface area contributed by atoms with Crippen molar-refractivity contribution in [2.75, 3.05) is 6.54 Å². The zero-order valence-corrected chi connectivity index (χ0v) is 12.0. The summed E-state index contributed by atoms with van der Waals surface area (Å²) in [4.78, 5) is 16.7. The first-order valence-corrected chi connectivity index (χ1v) is 7.25. The highest BCUT2D eigenvalue weighted by atomic mass is 16.2. The lowest BCUT2D eigenvalue weighted by Crippen LogP contribution is -2.52. The second kappa shape index (κ2) is 6.05. The summed E-state index contributed by atoms with van der Waals surface area (Å²) < 4.78 is 1.64. The summed E-state index contributed by atoms with van der Waals surface area (Å²) >= 11 is 0. The summed E-state index contributed by atoms with van der Waals surface area (Å²) in [6, 6.07) is 7.64. The molecule has 1 saturated heterocycles. The van der Waals surface area contributed by atoms with Gasteiger partial charge in [-0.25, -0.2) is 9.67 Å². The molecule has 1 amide bonds. The Morgan fingerprint density at radius 3 is 3.10 bits per heavy atom.